The van der Waals surface area contributed by atoms with E-state index in [1.807, 2.05) is 18.2 Å². The molecule has 4 heteroatoms. The van der Waals surface area contributed by atoms with Crippen LogP contribution >= 0.6 is 0 Å². The molecule has 0 saturated carbocycles. The maximum Gasteiger partial charge on any atom is 0.251 e. The van der Waals surface area contributed by atoms with Crippen LogP contribution in [0.2, 0.25) is 0 Å². The summed E-state index contributed by atoms with van der Waals surface area (Å²) in [5, 5.41) is 12.1. The Morgan fingerprint density at radius 1 is 1.12 bits per heavy atom. The zero-order chi connectivity index (χ0) is 17.5. The van der Waals surface area contributed by atoms with Gasteiger partial charge in [0.05, 0.1) is 11.6 Å². The lowest BCUT2D eigenvalue weighted by molar-refractivity contribution is 0.0937. The van der Waals surface area contributed by atoms with Crippen LogP contribution in [0.4, 0.5) is 0 Å². The van der Waals surface area contributed by atoms with E-state index in [-0.39, 0.29) is 11.3 Å². The van der Waals surface area contributed by atoms with Gasteiger partial charge in [-0.15, -0.1) is 0 Å². The van der Waals surface area contributed by atoms with Crippen molar-refractivity contribution in [1.29, 1.82) is 5.26 Å². The molecule has 0 spiro atoms. The van der Waals surface area contributed by atoms with Crippen LogP contribution in [0, 0.1) is 11.3 Å². The molecule has 1 amide bonds. The monoisotopic (exact) mass is 334 g/mol. The van der Waals surface area contributed by atoms with Crippen LogP contribution in [0.25, 0.3) is 0 Å². The van der Waals surface area contributed by atoms with Crippen molar-refractivity contribution in [2.24, 2.45) is 0 Å². The summed E-state index contributed by atoms with van der Waals surface area (Å²) in [5.41, 5.74) is 2.15. The van der Waals surface area contributed by atoms with Gasteiger partial charge in [0, 0.05) is 30.7 Å². The lowest BCUT2D eigenvalue weighted by Crippen LogP contribution is -2.41. The quantitative estimate of drug-likeness (QED) is 0.932. The summed E-state index contributed by atoms with van der Waals surface area (Å²) in [6.07, 6.45) is 2.85. The van der Waals surface area contributed by atoms with Crippen molar-refractivity contribution < 1.29 is 9.53 Å². The number of rotatable bonds is 4. The first-order chi connectivity index (χ1) is 12.2. The number of hydrogen-bond donors (Lipinski definition) is 1. The highest BCUT2D eigenvalue weighted by Crippen LogP contribution is 2.34. The number of ether oxygens (including phenoxy) is 1. The van der Waals surface area contributed by atoms with Crippen molar-refractivity contribution in [3.63, 3.8) is 0 Å². The predicted molar refractivity (Wildman–Crippen MR) is 96.3 cm³/mol. The number of nitrogens with zero attached hydrogens (tertiary/aromatic N) is 1. The number of carbonyl (C=O) groups is 1. The number of nitrogens with one attached hydrogen (secondary N) is 1. The number of hydrogen-bond acceptors (Lipinski definition) is 3. The fourth-order valence-corrected chi connectivity index (χ4v) is 3.45. The molecule has 1 aliphatic rings. The fraction of sp³-hybridized carbons (Fsp3) is 0.333. The molecule has 1 heterocycles. The molecular formula is C21H22N2O2. The van der Waals surface area contributed by atoms with Gasteiger partial charge < -0.3 is 10.1 Å². The second-order valence-electron chi connectivity index (χ2n) is 6.49. The van der Waals surface area contributed by atoms with Crippen LogP contribution in [-0.2, 0) is 10.2 Å². The molecule has 0 aliphatic carbocycles. The van der Waals surface area contributed by atoms with Crippen LogP contribution < -0.4 is 5.32 Å². The van der Waals surface area contributed by atoms with E-state index in [4.69, 9.17) is 10.00 Å². The molecule has 0 bridgehead atoms. The minimum absolute atomic E-state index is 0.111. The Kier molecular flexibility index (Phi) is 5.47. The van der Waals surface area contributed by atoms with Gasteiger partial charge >= 0.3 is 0 Å². The molecule has 3 rings (SSSR count). The maximum atomic E-state index is 12.6. The van der Waals surface area contributed by atoms with E-state index in [2.05, 4.69) is 23.5 Å². The molecule has 2 aromatic rings. The Balaban J connectivity index is 1.79. The first-order valence-corrected chi connectivity index (χ1v) is 8.65. The minimum atomic E-state index is -0.141. The summed E-state index contributed by atoms with van der Waals surface area (Å²) < 4.78 is 5.64. The molecular weight excluding hydrogens is 312 g/mol. The molecule has 1 N–H and O–H groups in total. The van der Waals surface area contributed by atoms with E-state index in [0.717, 1.165) is 25.9 Å². The standard InChI is InChI=1S/C21H22N2O2/c22-15-17-6-4-7-18(14-17)20(24)23-16-21(10-5-12-25-13-11-21)19-8-2-1-3-9-19/h1-4,6-9,14H,5,10-13,16H2,(H,23,24)/t21-/m1/s1. The molecule has 25 heavy (non-hydrogen) atoms. The summed E-state index contributed by atoms with van der Waals surface area (Å²) in [5.74, 6) is -0.141. The van der Waals surface area contributed by atoms with Gasteiger partial charge in [-0.3, -0.25) is 4.79 Å². The number of benzene rings is 2. The number of nitriles is 1. The maximum absolute atomic E-state index is 12.6. The lowest BCUT2D eigenvalue weighted by atomic mass is 9.74. The van der Waals surface area contributed by atoms with Gasteiger partial charge in [-0.25, -0.2) is 0 Å². The summed E-state index contributed by atoms with van der Waals surface area (Å²) in [7, 11) is 0. The predicted octanol–water partition coefficient (Wildman–Crippen LogP) is 3.43. The van der Waals surface area contributed by atoms with E-state index >= 15 is 0 Å². The van der Waals surface area contributed by atoms with Crippen LogP contribution in [0.5, 0.6) is 0 Å². The zero-order valence-corrected chi connectivity index (χ0v) is 14.2. The van der Waals surface area contributed by atoms with Crippen LogP contribution in [-0.4, -0.2) is 25.7 Å². The Bertz CT molecular complexity index is 757. The molecule has 1 fully saturated rings. The number of amides is 1. The van der Waals surface area contributed by atoms with Crippen LogP contribution in [0.1, 0.15) is 40.7 Å². The SMILES string of the molecule is N#Cc1cccc(C(=O)NC[C@@]2(c3ccccc3)CCCOCC2)c1. The van der Waals surface area contributed by atoms with E-state index in [1.54, 1.807) is 24.3 Å². The Labute approximate surface area is 148 Å². The Morgan fingerprint density at radius 2 is 1.96 bits per heavy atom. The van der Waals surface area contributed by atoms with E-state index in [1.165, 1.54) is 5.56 Å². The largest absolute Gasteiger partial charge is 0.381 e. The van der Waals surface area contributed by atoms with Crippen molar-refractivity contribution in [3.05, 3.63) is 71.3 Å². The van der Waals surface area contributed by atoms with Crippen molar-refractivity contribution in [3.8, 4) is 6.07 Å². The van der Waals surface area contributed by atoms with Crippen molar-refractivity contribution in [2.45, 2.75) is 24.7 Å². The van der Waals surface area contributed by atoms with Gasteiger partial charge in [-0.05, 0) is 43.0 Å². The third-order valence-electron chi connectivity index (χ3n) is 4.90. The Hall–Kier alpha value is -2.64. The van der Waals surface area contributed by atoms with Gasteiger partial charge in [-0.2, -0.15) is 5.26 Å². The second kappa shape index (κ2) is 7.96. The fourth-order valence-electron chi connectivity index (χ4n) is 3.45. The third kappa shape index (κ3) is 4.07. The average molecular weight is 334 g/mol. The molecule has 0 aromatic heterocycles. The lowest BCUT2D eigenvalue weighted by Gasteiger charge is -2.33. The topological polar surface area (TPSA) is 62.1 Å². The molecule has 4 nitrogen and oxygen atoms in total. The first kappa shape index (κ1) is 17.2. The smallest absolute Gasteiger partial charge is 0.251 e. The van der Waals surface area contributed by atoms with Gasteiger partial charge in [0.15, 0.2) is 0 Å². The number of carbonyl (C=O) groups excluding carboxylic acids is 1. The van der Waals surface area contributed by atoms with Gasteiger partial charge in [0.2, 0.25) is 0 Å². The van der Waals surface area contributed by atoms with Crippen LogP contribution in [0.3, 0.4) is 0 Å². The molecule has 0 radical (unpaired) electrons. The van der Waals surface area contributed by atoms with E-state index < -0.39 is 0 Å². The summed E-state index contributed by atoms with van der Waals surface area (Å²) in [4.78, 5) is 12.6. The highest BCUT2D eigenvalue weighted by atomic mass is 16.5. The van der Waals surface area contributed by atoms with Crippen molar-refractivity contribution >= 4 is 5.91 Å². The first-order valence-electron chi connectivity index (χ1n) is 8.65. The summed E-state index contributed by atoms with van der Waals surface area (Å²) in [6.45, 7) is 2.04. The second-order valence-corrected chi connectivity index (χ2v) is 6.49. The summed E-state index contributed by atoms with van der Waals surface area (Å²) >= 11 is 0. The molecule has 1 atom stereocenters. The van der Waals surface area contributed by atoms with Gasteiger partial charge in [0.25, 0.3) is 5.91 Å². The molecule has 128 valence electrons. The summed E-state index contributed by atoms with van der Waals surface area (Å²) in [6, 6.07) is 19.2. The minimum Gasteiger partial charge on any atom is -0.381 e. The highest BCUT2D eigenvalue weighted by Gasteiger charge is 2.33. The molecule has 0 unspecified atom stereocenters. The molecule has 1 aliphatic heterocycles. The van der Waals surface area contributed by atoms with Crippen molar-refractivity contribution in [2.75, 3.05) is 19.8 Å². The third-order valence-corrected chi connectivity index (χ3v) is 4.90. The zero-order valence-electron chi connectivity index (χ0n) is 14.2. The Morgan fingerprint density at radius 3 is 2.76 bits per heavy atom. The highest BCUT2D eigenvalue weighted by molar-refractivity contribution is 5.94. The van der Waals surface area contributed by atoms with Crippen molar-refractivity contribution in [1.82, 2.24) is 5.32 Å². The van der Waals surface area contributed by atoms with Crippen LogP contribution in [0.15, 0.2) is 54.6 Å². The normalized spacial score (nSPS) is 20.3. The van der Waals surface area contributed by atoms with E-state index in [9.17, 15) is 4.79 Å². The van der Waals surface area contributed by atoms with Gasteiger partial charge in [-0.1, -0.05) is 36.4 Å². The molecule has 2 aromatic carbocycles. The molecule has 1 saturated heterocycles. The van der Waals surface area contributed by atoms with E-state index in [0.29, 0.717) is 24.3 Å². The van der Waals surface area contributed by atoms with Gasteiger partial charge in [0.1, 0.15) is 0 Å². The average Bonchev–Trinajstić information content (AvgIpc) is 2.93.